The second-order valence-electron chi connectivity index (χ2n) is 9.10. The Hall–Kier alpha value is -5.79. The van der Waals surface area contributed by atoms with Crippen LogP contribution in [0.25, 0.3) is 10.9 Å². The molecule has 13 nitrogen and oxygen atoms in total. The fraction of sp³-hybridized carbons (Fsp3) is 0.172. The van der Waals surface area contributed by atoms with E-state index in [1.54, 1.807) is 36.4 Å². The van der Waals surface area contributed by atoms with E-state index in [0.717, 1.165) is 17.2 Å². The molecule has 14 heteroatoms. The highest BCUT2D eigenvalue weighted by Gasteiger charge is 2.18. The van der Waals surface area contributed by atoms with Crippen molar-refractivity contribution in [3.63, 3.8) is 0 Å². The Kier molecular flexibility index (Phi) is 8.85. The molecule has 2 heterocycles. The van der Waals surface area contributed by atoms with Crippen molar-refractivity contribution in [1.29, 1.82) is 0 Å². The summed E-state index contributed by atoms with van der Waals surface area (Å²) in [7, 11) is 0. The summed E-state index contributed by atoms with van der Waals surface area (Å²) < 4.78 is 31.3. The SMILES string of the molecule is O=C(O)c1ccc(CCOc2c(F)ccc3nc(C(=O)NCc4cccc(OCCOc5ncn[nH]5)c4)[nH]c(=O)c23)cc1. The van der Waals surface area contributed by atoms with Gasteiger partial charge in [0.25, 0.3) is 11.5 Å². The van der Waals surface area contributed by atoms with Gasteiger partial charge in [0, 0.05) is 13.0 Å². The highest BCUT2D eigenvalue weighted by atomic mass is 19.1. The van der Waals surface area contributed by atoms with Crippen LogP contribution in [-0.2, 0) is 13.0 Å². The average molecular weight is 589 g/mol. The summed E-state index contributed by atoms with van der Waals surface area (Å²) in [5, 5.41) is 17.8. The number of nitrogens with one attached hydrogen (secondary N) is 3. The predicted molar refractivity (Wildman–Crippen MR) is 150 cm³/mol. The van der Waals surface area contributed by atoms with Gasteiger partial charge in [0.2, 0.25) is 0 Å². The number of amides is 1. The van der Waals surface area contributed by atoms with Crippen LogP contribution in [0.15, 0.2) is 71.8 Å². The minimum absolute atomic E-state index is 0.0153. The van der Waals surface area contributed by atoms with Crippen LogP contribution in [0.5, 0.6) is 17.5 Å². The molecule has 0 bridgehead atoms. The summed E-state index contributed by atoms with van der Waals surface area (Å²) in [6, 6.07) is 15.9. The highest BCUT2D eigenvalue weighted by molar-refractivity contribution is 5.93. The van der Waals surface area contributed by atoms with Crippen LogP contribution < -0.4 is 25.1 Å². The molecule has 0 aliphatic carbocycles. The molecule has 2 aromatic heterocycles. The minimum atomic E-state index is -1.04. The zero-order chi connectivity index (χ0) is 30.2. The standard InChI is InChI=1S/C29H25FN6O7/c30-21-8-9-22-23(24(21)42-11-10-17-4-6-19(7-5-17)28(39)40)26(37)35-25(34-22)27(38)31-15-18-2-1-3-20(14-18)41-12-13-43-29-32-16-33-36-29/h1-9,14,16H,10-13,15H2,(H,31,38)(H,39,40)(H,32,33,36)(H,34,35,37). The van der Waals surface area contributed by atoms with Crippen molar-refractivity contribution in [3.8, 4) is 17.5 Å². The lowest BCUT2D eigenvalue weighted by Crippen LogP contribution is -2.27. The number of rotatable bonds is 13. The Labute approximate surface area is 242 Å². The Morgan fingerprint density at radius 3 is 2.53 bits per heavy atom. The molecule has 0 saturated carbocycles. The number of aromatic nitrogens is 5. The smallest absolute Gasteiger partial charge is 0.335 e. The number of carboxylic acid groups (broad SMARTS) is 1. The van der Waals surface area contributed by atoms with Crippen molar-refractivity contribution in [2.75, 3.05) is 19.8 Å². The van der Waals surface area contributed by atoms with Gasteiger partial charge in [-0.05, 0) is 47.5 Å². The molecule has 0 saturated heterocycles. The Morgan fingerprint density at radius 1 is 0.953 bits per heavy atom. The second-order valence-corrected chi connectivity index (χ2v) is 9.10. The van der Waals surface area contributed by atoms with Gasteiger partial charge in [0.05, 0.1) is 17.7 Å². The van der Waals surface area contributed by atoms with Crippen LogP contribution in [0.1, 0.15) is 32.1 Å². The van der Waals surface area contributed by atoms with Gasteiger partial charge >= 0.3 is 12.0 Å². The van der Waals surface area contributed by atoms with Crippen molar-refractivity contribution >= 4 is 22.8 Å². The molecule has 43 heavy (non-hydrogen) atoms. The number of benzene rings is 3. The molecule has 4 N–H and O–H groups in total. The number of nitrogens with zero attached hydrogens (tertiary/aromatic N) is 3. The molecule has 1 amide bonds. The van der Waals surface area contributed by atoms with Crippen LogP contribution in [0.3, 0.4) is 0 Å². The first-order chi connectivity index (χ1) is 20.9. The molecule has 0 radical (unpaired) electrons. The van der Waals surface area contributed by atoms with Gasteiger partial charge in [-0.3, -0.25) is 9.59 Å². The van der Waals surface area contributed by atoms with Crippen molar-refractivity contribution in [3.05, 3.63) is 106 Å². The molecule has 5 rings (SSSR count). The lowest BCUT2D eigenvalue weighted by atomic mass is 10.1. The van der Waals surface area contributed by atoms with Gasteiger partial charge in [-0.25, -0.2) is 19.3 Å². The van der Waals surface area contributed by atoms with Gasteiger partial charge in [0.1, 0.15) is 30.7 Å². The number of carboxylic acids is 1. The van der Waals surface area contributed by atoms with E-state index >= 15 is 0 Å². The summed E-state index contributed by atoms with van der Waals surface area (Å²) in [5.41, 5.74) is 0.995. The summed E-state index contributed by atoms with van der Waals surface area (Å²) in [5.74, 6) is -2.40. The number of aromatic carboxylic acids is 1. The van der Waals surface area contributed by atoms with Gasteiger partial charge in [-0.1, -0.05) is 24.3 Å². The quantitative estimate of drug-likeness (QED) is 0.149. The first-order valence-corrected chi connectivity index (χ1v) is 13.0. The average Bonchev–Trinajstić information content (AvgIpc) is 3.53. The van der Waals surface area contributed by atoms with E-state index in [1.807, 2.05) is 0 Å². The number of hydrogen-bond acceptors (Lipinski definition) is 9. The molecular weight excluding hydrogens is 563 g/mol. The van der Waals surface area contributed by atoms with Crippen LogP contribution >= 0.6 is 0 Å². The molecule has 0 atom stereocenters. The largest absolute Gasteiger partial charge is 0.490 e. The minimum Gasteiger partial charge on any atom is -0.490 e. The third kappa shape index (κ3) is 7.30. The van der Waals surface area contributed by atoms with Crippen molar-refractivity contribution in [2.24, 2.45) is 0 Å². The third-order valence-electron chi connectivity index (χ3n) is 6.17. The molecule has 3 aromatic carbocycles. The van der Waals surface area contributed by atoms with Crippen LogP contribution in [0, 0.1) is 5.82 Å². The third-order valence-corrected chi connectivity index (χ3v) is 6.17. The summed E-state index contributed by atoms with van der Waals surface area (Å²) in [4.78, 5) is 47.2. The fourth-order valence-electron chi connectivity index (χ4n) is 4.08. The van der Waals surface area contributed by atoms with E-state index in [-0.39, 0.29) is 60.4 Å². The Morgan fingerprint density at radius 2 is 1.77 bits per heavy atom. The summed E-state index contributed by atoms with van der Waals surface area (Å²) in [6.45, 7) is 0.639. The van der Waals surface area contributed by atoms with Crippen molar-refractivity contribution in [1.82, 2.24) is 30.5 Å². The second kappa shape index (κ2) is 13.2. The molecular formula is C29H25FN6O7. The number of ether oxygens (including phenoxy) is 3. The first-order valence-electron chi connectivity index (χ1n) is 13.0. The monoisotopic (exact) mass is 588 g/mol. The van der Waals surface area contributed by atoms with Crippen LogP contribution in [-0.4, -0.2) is 62.0 Å². The van der Waals surface area contributed by atoms with E-state index in [9.17, 15) is 18.8 Å². The van der Waals surface area contributed by atoms with Crippen LogP contribution in [0.2, 0.25) is 0 Å². The van der Waals surface area contributed by atoms with Crippen molar-refractivity contribution in [2.45, 2.75) is 13.0 Å². The zero-order valence-electron chi connectivity index (χ0n) is 22.5. The van der Waals surface area contributed by atoms with Gasteiger partial charge < -0.3 is 29.6 Å². The Bertz CT molecular complexity index is 1790. The zero-order valence-corrected chi connectivity index (χ0v) is 22.5. The highest BCUT2D eigenvalue weighted by Crippen LogP contribution is 2.25. The maximum absolute atomic E-state index is 14.7. The molecule has 0 unspecified atom stereocenters. The van der Waals surface area contributed by atoms with E-state index in [0.29, 0.717) is 12.2 Å². The van der Waals surface area contributed by atoms with Gasteiger partial charge in [0.15, 0.2) is 17.4 Å². The number of carbonyl (C=O) groups is 2. The molecule has 220 valence electrons. The normalized spacial score (nSPS) is 10.8. The number of H-pyrrole nitrogens is 2. The van der Waals surface area contributed by atoms with Crippen LogP contribution in [0.4, 0.5) is 4.39 Å². The van der Waals surface area contributed by atoms with E-state index in [2.05, 4.69) is 30.5 Å². The van der Waals surface area contributed by atoms with E-state index < -0.39 is 23.3 Å². The number of carbonyl (C=O) groups excluding carboxylic acids is 1. The maximum atomic E-state index is 14.7. The van der Waals surface area contributed by atoms with E-state index in [4.69, 9.17) is 19.3 Å². The topological polar surface area (TPSA) is 181 Å². The number of hydrogen-bond donors (Lipinski definition) is 4. The predicted octanol–water partition coefficient (Wildman–Crippen LogP) is 2.89. The maximum Gasteiger partial charge on any atom is 0.335 e. The molecule has 0 fully saturated rings. The van der Waals surface area contributed by atoms with Gasteiger partial charge in [-0.2, -0.15) is 10.1 Å². The Balaban J connectivity index is 1.19. The number of aromatic amines is 2. The molecule has 0 aliphatic heterocycles. The van der Waals surface area contributed by atoms with Crippen molar-refractivity contribution < 1.29 is 33.3 Å². The molecule has 0 spiro atoms. The summed E-state index contributed by atoms with van der Waals surface area (Å²) in [6.07, 6.45) is 1.67. The lowest BCUT2D eigenvalue weighted by Gasteiger charge is -2.11. The molecule has 5 aromatic rings. The molecule has 0 aliphatic rings. The number of halogens is 1. The van der Waals surface area contributed by atoms with E-state index in [1.165, 1.54) is 24.5 Å². The number of fused-ring (bicyclic) bond motifs is 1. The summed E-state index contributed by atoms with van der Waals surface area (Å²) >= 11 is 0. The van der Waals surface area contributed by atoms with Gasteiger partial charge in [-0.15, -0.1) is 0 Å². The first kappa shape index (κ1) is 28.7. The lowest BCUT2D eigenvalue weighted by molar-refractivity contribution is 0.0696. The fourth-order valence-corrected chi connectivity index (χ4v) is 4.08.